The first-order valence-corrected chi connectivity index (χ1v) is 9.81. The van der Waals surface area contributed by atoms with Gasteiger partial charge in [0.25, 0.3) is 5.76 Å². The second-order valence-corrected chi connectivity index (χ2v) is 7.44. The van der Waals surface area contributed by atoms with E-state index < -0.39 is 23.1 Å². The molecule has 0 bridgehead atoms. The fraction of sp³-hybridized carbons (Fsp3) is 0.160. The third-order valence-electron chi connectivity index (χ3n) is 4.74. The summed E-state index contributed by atoms with van der Waals surface area (Å²) in [7, 11) is 0. The Balaban J connectivity index is 1.75. The lowest BCUT2D eigenvalue weighted by Gasteiger charge is -2.14. The van der Waals surface area contributed by atoms with Crippen molar-refractivity contribution in [3.8, 4) is 17.2 Å². The van der Waals surface area contributed by atoms with Crippen molar-refractivity contribution < 1.29 is 27.1 Å². The van der Waals surface area contributed by atoms with Crippen LogP contribution in [0.2, 0.25) is 0 Å². The van der Waals surface area contributed by atoms with Crippen molar-refractivity contribution in [2.75, 3.05) is 0 Å². The van der Waals surface area contributed by atoms with Crippen LogP contribution in [0, 0.1) is 13.8 Å². The van der Waals surface area contributed by atoms with Crippen molar-refractivity contribution in [3.63, 3.8) is 0 Å². The Morgan fingerprint density at radius 3 is 2.22 bits per heavy atom. The standard InChI is InChI=1S/C25H19F3O4/c1-15-10-16(2)12-19(11-15)31-23-22(29)20-9-8-18(30-14-17-6-4-3-5-7-17)13-21(20)32-24(23)25(26,27)28/h3-13H,14H2,1-2H3. The summed E-state index contributed by atoms with van der Waals surface area (Å²) in [6.07, 6.45) is -4.93. The van der Waals surface area contributed by atoms with Gasteiger partial charge in [-0.2, -0.15) is 13.2 Å². The number of hydrogen-bond donors (Lipinski definition) is 0. The van der Waals surface area contributed by atoms with Crippen molar-refractivity contribution in [1.82, 2.24) is 0 Å². The molecule has 0 saturated heterocycles. The number of halogens is 3. The summed E-state index contributed by atoms with van der Waals surface area (Å²) >= 11 is 0. The van der Waals surface area contributed by atoms with Crippen LogP contribution >= 0.6 is 0 Å². The quantitative estimate of drug-likeness (QED) is 0.342. The Kier molecular flexibility index (Phi) is 5.65. The number of hydrogen-bond acceptors (Lipinski definition) is 4. The van der Waals surface area contributed by atoms with Gasteiger partial charge >= 0.3 is 6.18 Å². The van der Waals surface area contributed by atoms with Crippen molar-refractivity contribution in [3.05, 3.63) is 99.4 Å². The second-order valence-electron chi connectivity index (χ2n) is 7.44. The molecule has 0 saturated carbocycles. The summed E-state index contributed by atoms with van der Waals surface area (Å²) < 4.78 is 57.4. The Bertz CT molecular complexity index is 1300. The highest BCUT2D eigenvalue weighted by molar-refractivity contribution is 5.79. The summed E-state index contributed by atoms with van der Waals surface area (Å²) in [5.74, 6) is -1.98. The van der Waals surface area contributed by atoms with Gasteiger partial charge in [0, 0.05) is 6.07 Å². The van der Waals surface area contributed by atoms with E-state index in [1.165, 1.54) is 18.2 Å². The van der Waals surface area contributed by atoms with E-state index in [4.69, 9.17) is 13.9 Å². The molecule has 1 aromatic heterocycles. The summed E-state index contributed by atoms with van der Waals surface area (Å²) in [5, 5.41) is -0.0376. The minimum Gasteiger partial charge on any atom is -0.489 e. The molecule has 0 fully saturated rings. The minimum atomic E-state index is -4.93. The molecule has 0 aliphatic heterocycles. The highest BCUT2D eigenvalue weighted by atomic mass is 19.4. The Labute approximate surface area is 181 Å². The number of benzene rings is 3. The molecule has 0 aliphatic rings. The monoisotopic (exact) mass is 440 g/mol. The zero-order chi connectivity index (χ0) is 22.9. The van der Waals surface area contributed by atoms with Gasteiger partial charge in [-0.3, -0.25) is 4.79 Å². The topological polar surface area (TPSA) is 48.7 Å². The molecule has 4 aromatic rings. The maximum atomic E-state index is 13.7. The molecule has 0 atom stereocenters. The molecular weight excluding hydrogens is 421 g/mol. The lowest BCUT2D eigenvalue weighted by atomic mass is 10.1. The van der Waals surface area contributed by atoms with Crippen LogP contribution < -0.4 is 14.9 Å². The van der Waals surface area contributed by atoms with Crippen LogP contribution in [0.15, 0.2) is 75.9 Å². The van der Waals surface area contributed by atoms with Gasteiger partial charge in [-0.1, -0.05) is 36.4 Å². The van der Waals surface area contributed by atoms with Crippen LogP contribution in [-0.4, -0.2) is 0 Å². The minimum absolute atomic E-state index is 0.0376. The van der Waals surface area contributed by atoms with E-state index in [9.17, 15) is 18.0 Å². The fourth-order valence-electron chi connectivity index (χ4n) is 3.38. The summed E-state index contributed by atoms with van der Waals surface area (Å²) in [5.41, 5.74) is 1.33. The number of rotatable bonds is 5. The largest absolute Gasteiger partial charge is 0.489 e. The van der Waals surface area contributed by atoms with Crippen molar-refractivity contribution in [2.45, 2.75) is 26.6 Å². The van der Waals surface area contributed by atoms with E-state index in [1.54, 1.807) is 26.0 Å². The zero-order valence-corrected chi connectivity index (χ0v) is 17.3. The fourth-order valence-corrected chi connectivity index (χ4v) is 3.38. The van der Waals surface area contributed by atoms with E-state index in [-0.39, 0.29) is 29.1 Å². The average molecular weight is 440 g/mol. The normalized spacial score (nSPS) is 11.5. The first kappa shape index (κ1) is 21.5. The summed E-state index contributed by atoms with van der Waals surface area (Å²) in [6, 6.07) is 18.4. The lowest BCUT2D eigenvalue weighted by Crippen LogP contribution is -2.15. The number of alkyl halides is 3. The molecule has 0 radical (unpaired) electrons. The van der Waals surface area contributed by atoms with Crippen molar-refractivity contribution >= 4 is 11.0 Å². The van der Waals surface area contributed by atoms with Gasteiger partial charge in [-0.05, 0) is 54.8 Å². The molecule has 0 spiro atoms. The first-order valence-electron chi connectivity index (χ1n) is 9.81. The predicted octanol–water partition coefficient (Wildman–Crippen LogP) is 6.80. The zero-order valence-electron chi connectivity index (χ0n) is 17.3. The molecule has 0 N–H and O–H groups in total. The van der Waals surface area contributed by atoms with Gasteiger partial charge in [0.15, 0.2) is 0 Å². The molecule has 32 heavy (non-hydrogen) atoms. The van der Waals surface area contributed by atoms with Gasteiger partial charge in [-0.15, -0.1) is 0 Å². The highest BCUT2D eigenvalue weighted by Crippen LogP contribution is 2.39. The van der Waals surface area contributed by atoms with Crippen molar-refractivity contribution in [2.24, 2.45) is 0 Å². The predicted molar refractivity (Wildman–Crippen MR) is 114 cm³/mol. The summed E-state index contributed by atoms with van der Waals surface area (Å²) in [4.78, 5) is 12.9. The van der Waals surface area contributed by atoms with Gasteiger partial charge in [0.05, 0.1) is 5.39 Å². The molecule has 0 unspecified atom stereocenters. The van der Waals surface area contributed by atoms with Gasteiger partial charge in [-0.25, -0.2) is 0 Å². The lowest BCUT2D eigenvalue weighted by molar-refractivity contribution is -0.154. The number of fused-ring (bicyclic) bond motifs is 1. The molecular formula is C25H19F3O4. The smallest absolute Gasteiger partial charge is 0.453 e. The maximum absolute atomic E-state index is 13.7. The van der Waals surface area contributed by atoms with Gasteiger partial charge < -0.3 is 13.9 Å². The summed E-state index contributed by atoms with van der Waals surface area (Å²) in [6.45, 7) is 3.78. The Morgan fingerprint density at radius 1 is 0.875 bits per heavy atom. The average Bonchev–Trinajstić information content (AvgIpc) is 2.73. The van der Waals surface area contributed by atoms with Crippen molar-refractivity contribution in [1.29, 1.82) is 0 Å². The van der Waals surface area contributed by atoms with E-state index in [2.05, 4.69) is 0 Å². The van der Waals surface area contributed by atoms with Crippen LogP contribution in [0.25, 0.3) is 11.0 Å². The van der Waals surface area contributed by atoms with E-state index >= 15 is 0 Å². The van der Waals surface area contributed by atoms with E-state index in [1.807, 2.05) is 36.4 Å². The Morgan fingerprint density at radius 2 is 1.56 bits per heavy atom. The molecule has 0 amide bonds. The van der Waals surface area contributed by atoms with Crippen LogP contribution in [0.5, 0.6) is 17.2 Å². The van der Waals surface area contributed by atoms with Gasteiger partial charge in [0.2, 0.25) is 11.2 Å². The van der Waals surface area contributed by atoms with Crippen LogP contribution in [0.1, 0.15) is 22.5 Å². The SMILES string of the molecule is Cc1cc(C)cc(Oc2c(C(F)(F)F)oc3cc(OCc4ccccc4)ccc3c2=O)c1. The molecule has 3 aromatic carbocycles. The third-order valence-corrected chi connectivity index (χ3v) is 4.74. The van der Waals surface area contributed by atoms with Crippen LogP contribution in [-0.2, 0) is 12.8 Å². The van der Waals surface area contributed by atoms with Crippen LogP contribution in [0.4, 0.5) is 13.2 Å². The Hall–Kier alpha value is -3.74. The van der Waals surface area contributed by atoms with Gasteiger partial charge in [0.1, 0.15) is 23.7 Å². The maximum Gasteiger partial charge on any atom is 0.453 e. The molecule has 4 rings (SSSR count). The van der Waals surface area contributed by atoms with E-state index in [0.29, 0.717) is 0 Å². The number of aryl methyl sites for hydroxylation is 2. The third kappa shape index (κ3) is 4.61. The molecule has 1 heterocycles. The molecule has 0 aliphatic carbocycles. The number of ether oxygens (including phenoxy) is 2. The second kappa shape index (κ2) is 8.42. The molecule has 7 heteroatoms. The van der Waals surface area contributed by atoms with E-state index in [0.717, 1.165) is 16.7 Å². The first-order chi connectivity index (χ1) is 15.2. The van der Waals surface area contributed by atoms with Crippen LogP contribution in [0.3, 0.4) is 0 Å². The highest BCUT2D eigenvalue weighted by Gasteiger charge is 2.40. The molecule has 4 nitrogen and oxygen atoms in total. The molecule has 164 valence electrons.